The molecule has 19 heavy (non-hydrogen) atoms. The molecule has 0 radical (unpaired) electrons. The van der Waals surface area contributed by atoms with Gasteiger partial charge in [-0.15, -0.1) is 0 Å². The van der Waals surface area contributed by atoms with Crippen molar-refractivity contribution in [2.45, 2.75) is 25.9 Å². The van der Waals surface area contributed by atoms with Crippen molar-refractivity contribution in [1.29, 1.82) is 0 Å². The summed E-state index contributed by atoms with van der Waals surface area (Å²) >= 11 is 0. The molecule has 0 saturated heterocycles. The average Bonchev–Trinajstić information content (AvgIpc) is 2.68. The predicted molar refractivity (Wildman–Crippen MR) is 72.9 cm³/mol. The number of benzene rings is 1. The second-order valence-corrected chi connectivity index (χ2v) is 4.79. The fourth-order valence-corrected chi connectivity index (χ4v) is 2.49. The molecule has 0 amide bonds. The Morgan fingerprint density at radius 3 is 1.79 bits per heavy atom. The Kier molecular flexibility index (Phi) is 2.55. The number of hydrogen-bond acceptors (Lipinski definition) is 2. The Balaban J connectivity index is 2.34. The Morgan fingerprint density at radius 1 is 0.842 bits per heavy atom. The summed E-state index contributed by atoms with van der Waals surface area (Å²) in [6, 6.07) is 8.79. The molecule has 1 aliphatic heterocycles. The summed E-state index contributed by atoms with van der Waals surface area (Å²) in [7, 11) is 0. The van der Waals surface area contributed by atoms with E-state index in [-0.39, 0.29) is 23.5 Å². The lowest BCUT2D eigenvalue weighted by molar-refractivity contribution is 0.375. The molecule has 0 N–H and O–H groups in total. The molecular formula is C14H15N3O2. The molecule has 5 nitrogen and oxygen atoms in total. The number of nitrogens with zero attached hydrogens (tertiary/aromatic N) is 3. The van der Waals surface area contributed by atoms with Gasteiger partial charge in [-0.1, -0.05) is 30.4 Å². The molecule has 2 atom stereocenters. The van der Waals surface area contributed by atoms with E-state index in [2.05, 4.69) is 0 Å². The highest BCUT2D eigenvalue weighted by atomic mass is 16.2. The predicted octanol–water partition coefficient (Wildman–Crippen LogP) is 1.49. The molecule has 0 aliphatic carbocycles. The van der Waals surface area contributed by atoms with Gasteiger partial charge < -0.3 is 0 Å². The summed E-state index contributed by atoms with van der Waals surface area (Å²) in [4.78, 5) is 24.9. The molecule has 1 aromatic heterocycles. The van der Waals surface area contributed by atoms with Crippen molar-refractivity contribution in [3.63, 3.8) is 0 Å². The van der Waals surface area contributed by atoms with E-state index in [1.807, 2.05) is 44.2 Å². The Morgan fingerprint density at radius 2 is 1.32 bits per heavy atom. The van der Waals surface area contributed by atoms with Gasteiger partial charge in [-0.05, 0) is 26.0 Å². The first-order valence-corrected chi connectivity index (χ1v) is 6.31. The third-order valence-corrected chi connectivity index (χ3v) is 3.46. The van der Waals surface area contributed by atoms with Crippen LogP contribution in [0.4, 0.5) is 0 Å². The van der Waals surface area contributed by atoms with Crippen LogP contribution in [0.25, 0.3) is 5.69 Å². The van der Waals surface area contributed by atoms with Gasteiger partial charge in [0.1, 0.15) is 0 Å². The van der Waals surface area contributed by atoms with E-state index >= 15 is 0 Å². The van der Waals surface area contributed by atoms with Crippen molar-refractivity contribution in [1.82, 2.24) is 13.9 Å². The van der Waals surface area contributed by atoms with Gasteiger partial charge in [0.05, 0.1) is 17.8 Å². The smallest absolute Gasteiger partial charge is 0.245 e. The first-order chi connectivity index (χ1) is 9.11. The van der Waals surface area contributed by atoms with Crippen molar-refractivity contribution < 1.29 is 0 Å². The molecule has 1 aliphatic rings. The third-order valence-electron chi connectivity index (χ3n) is 3.46. The second kappa shape index (κ2) is 4.12. The normalized spacial score (nSPS) is 21.4. The molecule has 0 bridgehead atoms. The quantitative estimate of drug-likeness (QED) is 0.727. The van der Waals surface area contributed by atoms with E-state index in [9.17, 15) is 9.59 Å². The summed E-state index contributed by atoms with van der Waals surface area (Å²) in [5.74, 6) is 0. The SMILES string of the molecule is C[C@@H]1C=C[C@H](C)n2c(=O)n(-c3ccccc3)c(=O)n21. The van der Waals surface area contributed by atoms with Crippen molar-refractivity contribution in [2.75, 3.05) is 0 Å². The summed E-state index contributed by atoms with van der Waals surface area (Å²) < 4.78 is 4.25. The van der Waals surface area contributed by atoms with E-state index in [0.29, 0.717) is 5.69 Å². The van der Waals surface area contributed by atoms with Crippen LogP contribution in [-0.2, 0) is 0 Å². The van der Waals surface area contributed by atoms with Crippen LogP contribution in [0.2, 0.25) is 0 Å². The number of fused-ring (bicyclic) bond motifs is 1. The molecule has 3 rings (SSSR count). The lowest BCUT2D eigenvalue weighted by Gasteiger charge is -2.21. The zero-order chi connectivity index (χ0) is 13.6. The largest absolute Gasteiger partial charge is 0.352 e. The zero-order valence-electron chi connectivity index (χ0n) is 10.9. The van der Waals surface area contributed by atoms with Gasteiger partial charge >= 0.3 is 11.4 Å². The molecule has 0 unspecified atom stereocenters. The summed E-state index contributed by atoms with van der Waals surface area (Å²) in [6.07, 6.45) is 3.89. The van der Waals surface area contributed by atoms with Crippen LogP contribution < -0.4 is 11.4 Å². The molecule has 0 saturated carbocycles. The minimum Gasteiger partial charge on any atom is -0.245 e. The molecule has 0 spiro atoms. The number of hydrogen-bond donors (Lipinski definition) is 0. The van der Waals surface area contributed by atoms with Gasteiger partial charge in [-0.25, -0.2) is 23.5 Å². The van der Waals surface area contributed by atoms with Crippen LogP contribution in [0.15, 0.2) is 52.1 Å². The number of rotatable bonds is 1. The Hall–Kier alpha value is -2.30. The lowest BCUT2D eigenvalue weighted by Crippen LogP contribution is -2.33. The van der Waals surface area contributed by atoms with Crippen molar-refractivity contribution in [2.24, 2.45) is 0 Å². The van der Waals surface area contributed by atoms with Crippen molar-refractivity contribution in [3.8, 4) is 5.69 Å². The number of allylic oxidation sites excluding steroid dienone is 2. The van der Waals surface area contributed by atoms with Crippen molar-refractivity contribution >= 4 is 0 Å². The summed E-state index contributed by atoms with van der Waals surface area (Å²) in [5.41, 5.74) is 0.0195. The van der Waals surface area contributed by atoms with Gasteiger partial charge in [0.2, 0.25) is 0 Å². The molecule has 98 valence electrons. The standard InChI is InChI=1S/C14H15N3O2/c1-10-8-9-11(2)17-14(19)15(13(18)16(10)17)12-6-4-3-5-7-12/h3-11H,1-2H3/t10-,11+. The highest BCUT2D eigenvalue weighted by Crippen LogP contribution is 2.17. The van der Waals surface area contributed by atoms with E-state index in [0.717, 1.165) is 0 Å². The van der Waals surface area contributed by atoms with Gasteiger partial charge in [0, 0.05) is 0 Å². The lowest BCUT2D eigenvalue weighted by atomic mass is 10.2. The molecule has 1 aromatic carbocycles. The van der Waals surface area contributed by atoms with E-state index in [4.69, 9.17) is 0 Å². The van der Waals surface area contributed by atoms with Crippen LogP contribution in [-0.4, -0.2) is 13.9 Å². The minimum absolute atomic E-state index is 0.110. The molecule has 2 aromatic rings. The maximum atomic E-state index is 12.5. The fraction of sp³-hybridized carbons (Fsp3) is 0.286. The minimum atomic E-state index is -0.292. The second-order valence-electron chi connectivity index (χ2n) is 4.79. The molecular weight excluding hydrogens is 242 g/mol. The summed E-state index contributed by atoms with van der Waals surface area (Å²) in [5, 5.41) is 0. The number of aromatic nitrogens is 3. The monoisotopic (exact) mass is 257 g/mol. The fourth-order valence-electron chi connectivity index (χ4n) is 2.49. The van der Waals surface area contributed by atoms with E-state index < -0.39 is 0 Å². The van der Waals surface area contributed by atoms with Crippen LogP contribution >= 0.6 is 0 Å². The zero-order valence-corrected chi connectivity index (χ0v) is 10.9. The maximum Gasteiger partial charge on any atom is 0.352 e. The van der Waals surface area contributed by atoms with Gasteiger partial charge in [0.25, 0.3) is 0 Å². The van der Waals surface area contributed by atoms with Crippen LogP contribution in [0.1, 0.15) is 25.9 Å². The molecule has 0 fully saturated rings. The first-order valence-electron chi connectivity index (χ1n) is 6.31. The maximum absolute atomic E-state index is 12.5. The first kappa shape index (κ1) is 11.8. The molecule has 5 heteroatoms. The topological polar surface area (TPSA) is 48.9 Å². The highest BCUT2D eigenvalue weighted by Gasteiger charge is 2.24. The van der Waals surface area contributed by atoms with Gasteiger partial charge in [-0.3, -0.25) is 0 Å². The van der Waals surface area contributed by atoms with Gasteiger partial charge in [-0.2, -0.15) is 0 Å². The van der Waals surface area contributed by atoms with E-state index in [1.54, 1.807) is 12.1 Å². The van der Waals surface area contributed by atoms with Crippen LogP contribution in [0.3, 0.4) is 0 Å². The molecule has 2 heterocycles. The van der Waals surface area contributed by atoms with Crippen LogP contribution in [0, 0.1) is 0 Å². The highest BCUT2D eigenvalue weighted by molar-refractivity contribution is 5.30. The average molecular weight is 257 g/mol. The third kappa shape index (κ3) is 1.62. The summed E-state index contributed by atoms with van der Waals surface area (Å²) in [6.45, 7) is 3.80. The van der Waals surface area contributed by atoms with E-state index in [1.165, 1.54) is 13.9 Å². The van der Waals surface area contributed by atoms with Gasteiger partial charge in [0.15, 0.2) is 0 Å². The van der Waals surface area contributed by atoms with Crippen LogP contribution in [0.5, 0.6) is 0 Å². The Bertz CT molecular complexity index is 706. The Labute approximate surface area is 110 Å². The number of para-hydroxylation sites is 1. The van der Waals surface area contributed by atoms with Crippen molar-refractivity contribution in [3.05, 3.63) is 63.5 Å².